The minimum absolute atomic E-state index is 0.0520. The summed E-state index contributed by atoms with van der Waals surface area (Å²) in [5, 5.41) is 1.85. The molecular formula is C30H30ClF3N6O3S. The van der Waals surface area contributed by atoms with Crippen LogP contribution in [-0.2, 0) is 11.0 Å². The van der Waals surface area contributed by atoms with Crippen LogP contribution in [0.4, 0.5) is 18.0 Å². The highest BCUT2D eigenvalue weighted by molar-refractivity contribution is 7.13. The number of carbonyl (C=O) groups excluding carboxylic acids is 2. The summed E-state index contributed by atoms with van der Waals surface area (Å²) in [5.41, 5.74) is 0.220. The number of halogens is 4. The van der Waals surface area contributed by atoms with Crippen molar-refractivity contribution in [1.29, 1.82) is 0 Å². The van der Waals surface area contributed by atoms with Crippen molar-refractivity contribution in [3.05, 3.63) is 71.2 Å². The molecule has 3 aromatic heterocycles. The van der Waals surface area contributed by atoms with Crippen molar-refractivity contribution in [3.63, 3.8) is 0 Å². The minimum Gasteiger partial charge on any atom is -0.488 e. The molecule has 1 unspecified atom stereocenters. The average molecular weight is 647 g/mol. The van der Waals surface area contributed by atoms with Crippen LogP contribution in [0.15, 0.2) is 55.0 Å². The molecule has 1 aliphatic heterocycles. The predicted octanol–water partition coefficient (Wildman–Crippen LogP) is 6.84. The van der Waals surface area contributed by atoms with Gasteiger partial charge in [-0.3, -0.25) is 9.36 Å². The molecule has 2 amide bonds. The van der Waals surface area contributed by atoms with E-state index in [2.05, 4.69) is 21.5 Å². The Kier molecular flexibility index (Phi) is 9.26. The second-order valence-electron chi connectivity index (χ2n) is 10.6. The maximum absolute atomic E-state index is 13.6. The number of pyridine rings is 1. The molecule has 4 heterocycles. The average Bonchev–Trinajstić information content (AvgIpc) is 3.78. The van der Waals surface area contributed by atoms with E-state index in [4.69, 9.17) is 16.3 Å². The first-order valence-electron chi connectivity index (χ1n) is 13.9. The Bertz CT molecular complexity index is 1680. The molecule has 1 fully saturated rings. The van der Waals surface area contributed by atoms with Crippen LogP contribution < -0.4 is 4.74 Å². The molecule has 0 N–H and O–H groups in total. The van der Waals surface area contributed by atoms with Crippen LogP contribution in [0.25, 0.3) is 21.6 Å². The number of rotatable bonds is 9. The highest BCUT2D eigenvalue weighted by Crippen LogP contribution is 2.39. The molecule has 0 bridgehead atoms. The number of likely N-dealkylation sites (N-methyl/N-ethyl adjacent to an activating group) is 1. The number of thiazole rings is 1. The molecule has 14 heteroatoms. The topological polar surface area (TPSA) is 93.5 Å². The van der Waals surface area contributed by atoms with Gasteiger partial charge in [-0.05, 0) is 37.8 Å². The van der Waals surface area contributed by atoms with Gasteiger partial charge in [0.25, 0.3) is 0 Å². The number of benzene rings is 1. The van der Waals surface area contributed by atoms with E-state index in [1.54, 1.807) is 31.0 Å². The van der Waals surface area contributed by atoms with Crippen molar-refractivity contribution in [3.8, 4) is 16.5 Å². The lowest BCUT2D eigenvalue weighted by atomic mass is 10.1. The highest BCUT2D eigenvalue weighted by atomic mass is 35.5. The van der Waals surface area contributed by atoms with Crippen LogP contribution in [0.2, 0.25) is 5.02 Å². The van der Waals surface area contributed by atoms with Crippen molar-refractivity contribution in [2.45, 2.75) is 50.9 Å². The third kappa shape index (κ3) is 6.58. The van der Waals surface area contributed by atoms with E-state index < -0.39 is 30.0 Å². The summed E-state index contributed by atoms with van der Waals surface area (Å²) in [6.45, 7) is 6.13. The van der Waals surface area contributed by atoms with Gasteiger partial charge in [0.15, 0.2) is 5.69 Å². The van der Waals surface area contributed by atoms with Crippen LogP contribution in [-0.4, -0.2) is 73.5 Å². The number of ether oxygens (including phenoxy) is 1. The lowest BCUT2D eigenvalue weighted by Gasteiger charge is -2.27. The van der Waals surface area contributed by atoms with Gasteiger partial charge in [-0.15, -0.1) is 17.9 Å². The fraction of sp³-hybridized carbons (Fsp3) is 0.367. The number of carbonyl (C=O) groups is 2. The number of likely N-dealkylation sites (tertiary alicyclic amines) is 1. The minimum atomic E-state index is -4.60. The molecule has 44 heavy (non-hydrogen) atoms. The molecule has 0 saturated carbocycles. The highest BCUT2D eigenvalue weighted by Gasteiger charge is 2.42. The molecule has 0 radical (unpaired) electrons. The number of hydrogen-bond acceptors (Lipinski definition) is 7. The Balaban J connectivity index is 1.47. The normalized spacial score (nSPS) is 16.8. The van der Waals surface area contributed by atoms with Crippen molar-refractivity contribution >= 4 is 45.8 Å². The molecule has 0 spiro atoms. The van der Waals surface area contributed by atoms with E-state index in [1.165, 1.54) is 34.3 Å². The number of aromatic nitrogens is 4. The van der Waals surface area contributed by atoms with E-state index in [1.807, 2.05) is 6.08 Å². The first kappa shape index (κ1) is 31.5. The Morgan fingerprint density at radius 3 is 2.75 bits per heavy atom. The third-order valence-electron chi connectivity index (χ3n) is 7.43. The SMILES string of the molecule is C=CCCCCN(C)C(=O)[C@@H]1CC(Oc2cc(-c3nc(C(F)(F)F)cs3)nc3c(Cl)c(C)ccc23)CN1C(=O)n1ccnc1. The van der Waals surface area contributed by atoms with Gasteiger partial charge in [0.05, 0.1) is 17.1 Å². The summed E-state index contributed by atoms with van der Waals surface area (Å²) in [5.74, 6) is 0.0890. The Morgan fingerprint density at radius 2 is 2.07 bits per heavy atom. The number of alkyl halides is 3. The number of nitrogens with zero attached hydrogens (tertiary/aromatic N) is 6. The molecule has 0 aliphatic carbocycles. The maximum Gasteiger partial charge on any atom is 0.434 e. The number of unbranched alkanes of at least 4 members (excludes halogenated alkanes) is 2. The summed E-state index contributed by atoms with van der Waals surface area (Å²) in [6.07, 6.45) is 3.68. The number of aryl methyl sites for hydroxylation is 1. The molecular weight excluding hydrogens is 617 g/mol. The van der Waals surface area contributed by atoms with Crippen LogP contribution in [0.3, 0.4) is 0 Å². The summed E-state index contributed by atoms with van der Waals surface area (Å²) in [4.78, 5) is 42.4. The van der Waals surface area contributed by atoms with Gasteiger partial charge in [-0.25, -0.2) is 19.7 Å². The summed E-state index contributed by atoms with van der Waals surface area (Å²) in [7, 11) is 1.71. The molecule has 1 aromatic carbocycles. The lowest BCUT2D eigenvalue weighted by molar-refractivity contribution is -0.140. The zero-order valence-corrected chi connectivity index (χ0v) is 25.6. The number of hydrogen-bond donors (Lipinski definition) is 0. The predicted molar refractivity (Wildman–Crippen MR) is 162 cm³/mol. The number of allylic oxidation sites excluding steroid dienone is 1. The van der Waals surface area contributed by atoms with E-state index in [-0.39, 0.29) is 29.6 Å². The van der Waals surface area contributed by atoms with Crippen LogP contribution >= 0.6 is 22.9 Å². The van der Waals surface area contributed by atoms with Crippen LogP contribution in [0.5, 0.6) is 5.75 Å². The lowest BCUT2D eigenvalue weighted by Crippen LogP contribution is -2.47. The summed E-state index contributed by atoms with van der Waals surface area (Å²) in [6, 6.07) is 3.87. The van der Waals surface area contributed by atoms with E-state index in [9.17, 15) is 22.8 Å². The Labute approximate surface area is 260 Å². The Hall–Kier alpha value is -3.97. The van der Waals surface area contributed by atoms with Gasteiger partial charge >= 0.3 is 12.2 Å². The van der Waals surface area contributed by atoms with E-state index in [0.717, 1.165) is 41.5 Å². The summed E-state index contributed by atoms with van der Waals surface area (Å²) >= 11 is 7.41. The van der Waals surface area contributed by atoms with Gasteiger partial charge < -0.3 is 14.5 Å². The van der Waals surface area contributed by atoms with Crippen LogP contribution in [0.1, 0.15) is 36.9 Å². The molecule has 232 valence electrons. The van der Waals surface area contributed by atoms with Gasteiger partial charge in [0.1, 0.15) is 34.9 Å². The second kappa shape index (κ2) is 12.9. The monoisotopic (exact) mass is 646 g/mol. The molecule has 1 saturated heterocycles. The van der Waals surface area contributed by atoms with E-state index >= 15 is 0 Å². The third-order valence-corrected chi connectivity index (χ3v) is 8.77. The summed E-state index contributed by atoms with van der Waals surface area (Å²) < 4.78 is 47.7. The smallest absolute Gasteiger partial charge is 0.434 e. The quantitative estimate of drug-likeness (QED) is 0.146. The number of imidazole rings is 1. The van der Waals surface area contributed by atoms with Crippen molar-refractivity contribution in [2.24, 2.45) is 0 Å². The van der Waals surface area contributed by atoms with Crippen molar-refractivity contribution < 1.29 is 27.5 Å². The number of amides is 2. The fourth-order valence-corrected chi connectivity index (χ4v) is 6.08. The Morgan fingerprint density at radius 1 is 1.27 bits per heavy atom. The number of fused-ring (bicyclic) bond motifs is 1. The van der Waals surface area contributed by atoms with Gasteiger partial charge in [0.2, 0.25) is 5.91 Å². The second-order valence-corrected chi connectivity index (χ2v) is 11.8. The zero-order chi connectivity index (χ0) is 31.6. The largest absolute Gasteiger partial charge is 0.488 e. The molecule has 4 aromatic rings. The van der Waals surface area contributed by atoms with Gasteiger partial charge in [-0.1, -0.05) is 23.7 Å². The molecule has 1 aliphatic rings. The van der Waals surface area contributed by atoms with Gasteiger partial charge in [0, 0.05) is 49.2 Å². The zero-order valence-electron chi connectivity index (χ0n) is 24.1. The van der Waals surface area contributed by atoms with Crippen molar-refractivity contribution in [2.75, 3.05) is 20.1 Å². The molecule has 9 nitrogen and oxygen atoms in total. The maximum atomic E-state index is 13.6. The van der Waals surface area contributed by atoms with Crippen LogP contribution in [0, 0.1) is 6.92 Å². The van der Waals surface area contributed by atoms with Crippen molar-refractivity contribution in [1.82, 2.24) is 29.3 Å². The molecule has 5 rings (SSSR count). The standard InChI is InChI=1S/C30H30ClF3N6O3S/c1-4-5-6-7-11-38(3)28(41)22-13-19(15-40(22)29(42)39-12-10-35-17-39)43-23-14-21(27-37-24(16-44-27)30(32,33)34)36-26-20(23)9-8-18(2)25(26)31/h4,8-10,12,14,16-17,19,22H,1,5-7,11,13,15H2,2-3H3/t19?,22-/m0/s1. The van der Waals surface area contributed by atoms with E-state index in [0.29, 0.717) is 28.2 Å². The first-order valence-corrected chi connectivity index (χ1v) is 15.2. The first-order chi connectivity index (χ1) is 21.0. The van der Waals surface area contributed by atoms with Gasteiger partial charge in [-0.2, -0.15) is 13.2 Å². The fourth-order valence-electron chi connectivity index (χ4n) is 5.09. The molecule has 2 atom stereocenters.